The summed E-state index contributed by atoms with van der Waals surface area (Å²) in [6, 6.07) is 7.59. The normalized spacial score (nSPS) is 12.4. The van der Waals surface area contributed by atoms with Gasteiger partial charge < -0.3 is 9.15 Å². The van der Waals surface area contributed by atoms with Crippen molar-refractivity contribution in [1.82, 2.24) is 4.98 Å². The summed E-state index contributed by atoms with van der Waals surface area (Å²) in [6.45, 7) is 3.74. The zero-order valence-corrected chi connectivity index (χ0v) is 12.1. The van der Waals surface area contributed by atoms with Crippen molar-refractivity contribution < 1.29 is 13.4 Å². The topological polar surface area (TPSA) is 52.3 Å². The molecule has 0 bridgehead atoms. The van der Waals surface area contributed by atoms with Crippen LogP contribution in [0.2, 0.25) is 0 Å². The predicted octanol–water partition coefficient (Wildman–Crippen LogP) is 2.75. The first-order valence-corrected chi connectivity index (χ1v) is 7.48. The lowest BCUT2D eigenvalue weighted by molar-refractivity contribution is 0.414. The van der Waals surface area contributed by atoms with E-state index in [0.717, 1.165) is 22.8 Å². The van der Waals surface area contributed by atoms with E-state index >= 15 is 0 Å². The van der Waals surface area contributed by atoms with Crippen molar-refractivity contribution in [3.8, 4) is 5.75 Å². The molecule has 102 valence electrons. The fourth-order valence-corrected chi connectivity index (χ4v) is 2.79. The molecule has 2 rings (SSSR count). The first-order chi connectivity index (χ1) is 9.08. The smallest absolute Gasteiger partial charge is 0.207 e. The third-order valence-electron chi connectivity index (χ3n) is 2.82. The van der Waals surface area contributed by atoms with E-state index < -0.39 is 10.8 Å². The standard InChI is InChI=1S/C14H17NO3S/c1-10-11(2)18-14(15-10)9-19(16)8-12-5-4-6-13(7-12)17-3/h4-7H,8-9H2,1-3H3. The molecule has 1 aromatic heterocycles. The van der Waals surface area contributed by atoms with Gasteiger partial charge in [0.1, 0.15) is 17.3 Å². The van der Waals surface area contributed by atoms with Crippen LogP contribution >= 0.6 is 0 Å². The third-order valence-corrected chi connectivity index (χ3v) is 4.04. The lowest BCUT2D eigenvalue weighted by Gasteiger charge is -2.03. The highest BCUT2D eigenvalue weighted by atomic mass is 32.2. The van der Waals surface area contributed by atoms with Crippen LogP contribution in [0, 0.1) is 13.8 Å². The number of benzene rings is 1. The number of ether oxygens (including phenoxy) is 1. The molecule has 0 saturated carbocycles. The fourth-order valence-electron chi connectivity index (χ4n) is 1.74. The van der Waals surface area contributed by atoms with Crippen LogP contribution in [0.25, 0.3) is 0 Å². The van der Waals surface area contributed by atoms with Crippen LogP contribution in [0.15, 0.2) is 28.7 Å². The molecule has 0 aliphatic rings. The highest BCUT2D eigenvalue weighted by molar-refractivity contribution is 7.83. The molecule has 0 aliphatic carbocycles. The molecule has 0 radical (unpaired) electrons. The minimum atomic E-state index is -1.04. The number of hydrogen-bond donors (Lipinski definition) is 0. The minimum absolute atomic E-state index is 0.339. The molecule has 5 heteroatoms. The molecular weight excluding hydrogens is 262 g/mol. The second kappa shape index (κ2) is 6.02. The SMILES string of the molecule is COc1cccc(CS(=O)Cc2nc(C)c(C)o2)c1. The molecule has 0 aliphatic heterocycles. The molecule has 1 aromatic carbocycles. The highest BCUT2D eigenvalue weighted by Gasteiger charge is 2.10. The van der Waals surface area contributed by atoms with E-state index in [-0.39, 0.29) is 0 Å². The first kappa shape index (κ1) is 13.8. The first-order valence-electron chi connectivity index (χ1n) is 5.99. The van der Waals surface area contributed by atoms with E-state index in [2.05, 4.69) is 4.98 Å². The summed E-state index contributed by atoms with van der Waals surface area (Å²) in [5, 5.41) is 0. The van der Waals surface area contributed by atoms with Crippen molar-refractivity contribution in [2.24, 2.45) is 0 Å². The molecule has 1 atom stereocenters. The van der Waals surface area contributed by atoms with Crippen LogP contribution in [0.1, 0.15) is 22.9 Å². The average molecular weight is 279 g/mol. The Bertz CT molecular complexity index is 573. The molecule has 0 spiro atoms. The average Bonchev–Trinajstić information content (AvgIpc) is 2.68. The number of aromatic nitrogens is 1. The van der Waals surface area contributed by atoms with Gasteiger partial charge in [-0.1, -0.05) is 12.1 Å². The zero-order valence-electron chi connectivity index (χ0n) is 11.3. The van der Waals surface area contributed by atoms with E-state index in [1.165, 1.54) is 0 Å². The van der Waals surface area contributed by atoms with E-state index in [0.29, 0.717) is 17.4 Å². The van der Waals surface area contributed by atoms with Crippen LogP contribution in [-0.4, -0.2) is 16.3 Å². The number of methoxy groups -OCH3 is 1. The van der Waals surface area contributed by atoms with Gasteiger partial charge in [0.15, 0.2) is 0 Å². The van der Waals surface area contributed by atoms with E-state index in [9.17, 15) is 4.21 Å². The van der Waals surface area contributed by atoms with Crippen LogP contribution < -0.4 is 4.74 Å². The van der Waals surface area contributed by atoms with Gasteiger partial charge in [0.25, 0.3) is 0 Å². The van der Waals surface area contributed by atoms with Crippen LogP contribution in [0.4, 0.5) is 0 Å². The van der Waals surface area contributed by atoms with Crippen molar-refractivity contribution in [1.29, 1.82) is 0 Å². The summed E-state index contributed by atoms with van der Waals surface area (Å²) in [7, 11) is 0.580. The summed E-state index contributed by atoms with van der Waals surface area (Å²) in [5.41, 5.74) is 1.84. The summed E-state index contributed by atoms with van der Waals surface area (Å²) in [5.74, 6) is 2.91. The predicted molar refractivity (Wildman–Crippen MR) is 74.5 cm³/mol. The van der Waals surface area contributed by atoms with Crippen molar-refractivity contribution in [2.75, 3.05) is 7.11 Å². The second-order valence-electron chi connectivity index (χ2n) is 4.33. The summed E-state index contributed by atoms with van der Waals surface area (Å²) < 4.78 is 22.7. The molecule has 0 fully saturated rings. The van der Waals surface area contributed by atoms with Crippen molar-refractivity contribution >= 4 is 10.8 Å². The van der Waals surface area contributed by atoms with Gasteiger partial charge in [-0.15, -0.1) is 0 Å². The molecule has 19 heavy (non-hydrogen) atoms. The molecule has 2 aromatic rings. The Morgan fingerprint density at radius 1 is 1.32 bits per heavy atom. The van der Waals surface area contributed by atoms with Crippen molar-refractivity contribution in [2.45, 2.75) is 25.4 Å². The quantitative estimate of drug-likeness (QED) is 0.844. The van der Waals surface area contributed by atoms with Gasteiger partial charge in [-0.2, -0.15) is 0 Å². The molecule has 4 nitrogen and oxygen atoms in total. The van der Waals surface area contributed by atoms with E-state index in [1.807, 2.05) is 38.1 Å². The summed E-state index contributed by atoms with van der Waals surface area (Å²) >= 11 is 0. The Labute approximate surface area is 115 Å². The maximum absolute atomic E-state index is 12.1. The second-order valence-corrected chi connectivity index (χ2v) is 5.79. The number of aryl methyl sites for hydroxylation is 2. The number of hydrogen-bond acceptors (Lipinski definition) is 4. The molecular formula is C14H17NO3S. The summed E-state index contributed by atoms with van der Waals surface area (Å²) in [4.78, 5) is 4.24. The van der Waals surface area contributed by atoms with Gasteiger partial charge >= 0.3 is 0 Å². The van der Waals surface area contributed by atoms with Gasteiger partial charge in [0.05, 0.1) is 12.8 Å². The van der Waals surface area contributed by atoms with Gasteiger partial charge in [-0.3, -0.25) is 4.21 Å². The third kappa shape index (κ3) is 3.67. The van der Waals surface area contributed by atoms with Crippen LogP contribution in [0.5, 0.6) is 5.75 Å². The van der Waals surface area contributed by atoms with Crippen LogP contribution in [0.3, 0.4) is 0 Å². The summed E-state index contributed by atoms with van der Waals surface area (Å²) in [6.07, 6.45) is 0. The zero-order chi connectivity index (χ0) is 13.8. The van der Waals surface area contributed by atoms with E-state index in [1.54, 1.807) is 7.11 Å². The Kier molecular flexibility index (Phi) is 4.37. The molecule has 0 N–H and O–H groups in total. The van der Waals surface area contributed by atoms with Crippen LogP contribution in [-0.2, 0) is 22.3 Å². The number of nitrogens with zero attached hydrogens (tertiary/aromatic N) is 1. The largest absolute Gasteiger partial charge is 0.497 e. The molecule has 1 heterocycles. The maximum Gasteiger partial charge on any atom is 0.207 e. The number of rotatable bonds is 5. The van der Waals surface area contributed by atoms with Crippen molar-refractivity contribution in [3.63, 3.8) is 0 Å². The Morgan fingerprint density at radius 3 is 2.74 bits per heavy atom. The maximum atomic E-state index is 12.1. The molecule has 0 amide bonds. The Hall–Kier alpha value is -1.62. The fraction of sp³-hybridized carbons (Fsp3) is 0.357. The number of oxazole rings is 1. The minimum Gasteiger partial charge on any atom is -0.497 e. The lowest BCUT2D eigenvalue weighted by Crippen LogP contribution is -2.00. The lowest BCUT2D eigenvalue weighted by atomic mass is 10.2. The molecule has 1 unspecified atom stereocenters. The van der Waals surface area contributed by atoms with E-state index in [4.69, 9.17) is 9.15 Å². The van der Waals surface area contributed by atoms with Gasteiger partial charge in [0.2, 0.25) is 5.89 Å². The molecule has 0 saturated heterocycles. The Morgan fingerprint density at radius 2 is 2.11 bits per heavy atom. The van der Waals surface area contributed by atoms with Crippen molar-refractivity contribution in [3.05, 3.63) is 47.2 Å². The van der Waals surface area contributed by atoms with Gasteiger partial charge in [0, 0.05) is 16.6 Å². The monoisotopic (exact) mass is 279 g/mol. The van der Waals surface area contributed by atoms with Gasteiger partial charge in [-0.05, 0) is 31.5 Å². The highest BCUT2D eigenvalue weighted by Crippen LogP contribution is 2.16. The van der Waals surface area contributed by atoms with Gasteiger partial charge in [-0.25, -0.2) is 4.98 Å². The Balaban J connectivity index is 2.00.